The van der Waals surface area contributed by atoms with Crippen molar-refractivity contribution >= 4 is 35.6 Å². The smallest absolute Gasteiger partial charge is 0.326 e. The van der Waals surface area contributed by atoms with Gasteiger partial charge in [0, 0.05) is 6.42 Å². The summed E-state index contributed by atoms with van der Waals surface area (Å²) in [7, 11) is 0. The number of carboxylic acids is 3. The molecule has 0 unspecified atom stereocenters. The molecule has 3 amide bonds. The minimum atomic E-state index is -1.71. The summed E-state index contributed by atoms with van der Waals surface area (Å²) < 4.78 is 0. The third-order valence-corrected chi connectivity index (χ3v) is 3.93. The number of carbonyl (C=O) groups is 6. The number of carbonyl (C=O) groups excluding carboxylic acids is 3. The van der Waals surface area contributed by atoms with E-state index in [1.54, 1.807) is 13.8 Å². The fourth-order valence-electron chi connectivity index (χ4n) is 2.26. The van der Waals surface area contributed by atoms with Crippen molar-refractivity contribution in [2.75, 3.05) is 0 Å². The van der Waals surface area contributed by atoms with Crippen LogP contribution in [0.3, 0.4) is 0 Å². The van der Waals surface area contributed by atoms with Gasteiger partial charge in [-0.2, -0.15) is 0 Å². The van der Waals surface area contributed by atoms with Crippen LogP contribution < -0.4 is 21.7 Å². The summed E-state index contributed by atoms with van der Waals surface area (Å²) in [5, 5.41) is 33.3. The van der Waals surface area contributed by atoms with Crippen LogP contribution in [0.25, 0.3) is 0 Å². The molecule has 30 heavy (non-hydrogen) atoms. The molecule has 0 rings (SSSR count). The number of hydrogen-bond donors (Lipinski definition) is 7. The number of aliphatic carboxylic acids is 3. The van der Waals surface area contributed by atoms with Crippen molar-refractivity contribution in [3.63, 3.8) is 0 Å². The van der Waals surface area contributed by atoms with Gasteiger partial charge in [0.2, 0.25) is 17.7 Å². The summed E-state index contributed by atoms with van der Waals surface area (Å²) in [5.41, 5.74) is 5.43. The van der Waals surface area contributed by atoms with E-state index in [4.69, 9.17) is 21.1 Å². The van der Waals surface area contributed by atoms with Crippen LogP contribution in [0.5, 0.6) is 0 Å². The number of nitrogens with two attached hydrogens (primary N) is 1. The first kappa shape index (κ1) is 26.8. The number of hydrogen-bond acceptors (Lipinski definition) is 7. The average molecular weight is 432 g/mol. The zero-order chi connectivity index (χ0) is 23.6. The number of carboxylic acid groups (broad SMARTS) is 3. The molecule has 0 aliphatic heterocycles. The maximum atomic E-state index is 12.6. The molecule has 0 heterocycles. The van der Waals surface area contributed by atoms with Crippen LogP contribution in [-0.4, -0.2) is 75.1 Å². The lowest BCUT2D eigenvalue weighted by Gasteiger charge is -2.26. The lowest BCUT2D eigenvalue weighted by molar-refractivity contribution is -0.147. The Morgan fingerprint density at radius 2 is 1.30 bits per heavy atom. The largest absolute Gasteiger partial charge is 0.481 e. The van der Waals surface area contributed by atoms with Crippen LogP contribution in [0.1, 0.15) is 40.0 Å². The van der Waals surface area contributed by atoms with Gasteiger partial charge in [-0.15, -0.1) is 0 Å². The first-order valence-corrected chi connectivity index (χ1v) is 9.09. The van der Waals surface area contributed by atoms with E-state index < -0.39 is 78.6 Å². The lowest BCUT2D eigenvalue weighted by atomic mass is 10.0. The predicted octanol–water partition coefficient (Wildman–Crippen LogP) is -2.13. The van der Waals surface area contributed by atoms with Crippen LogP contribution in [0.2, 0.25) is 0 Å². The van der Waals surface area contributed by atoms with E-state index in [2.05, 4.69) is 10.6 Å². The second-order valence-electron chi connectivity index (χ2n) is 7.01. The molecule has 0 aliphatic rings. The van der Waals surface area contributed by atoms with Crippen LogP contribution in [0.4, 0.5) is 0 Å². The minimum Gasteiger partial charge on any atom is -0.481 e. The molecule has 0 aliphatic carbocycles. The van der Waals surface area contributed by atoms with Crippen LogP contribution >= 0.6 is 0 Å². The summed E-state index contributed by atoms with van der Waals surface area (Å²) in [6.07, 6.45) is -1.59. The Hall–Kier alpha value is -3.22. The van der Waals surface area contributed by atoms with Crippen molar-refractivity contribution in [3.8, 4) is 0 Å². The van der Waals surface area contributed by atoms with E-state index in [1.165, 1.54) is 6.92 Å². The van der Waals surface area contributed by atoms with Gasteiger partial charge >= 0.3 is 17.9 Å². The monoisotopic (exact) mass is 432 g/mol. The molecular weight excluding hydrogens is 404 g/mol. The minimum absolute atomic E-state index is 0.275. The maximum absolute atomic E-state index is 12.6. The maximum Gasteiger partial charge on any atom is 0.326 e. The first-order chi connectivity index (χ1) is 13.8. The molecule has 13 heteroatoms. The highest BCUT2D eigenvalue weighted by atomic mass is 16.4. The molecule has 0 radical (unpaired) electrons. The van der Waals surface area contributed by atoms with Gasteiger partial charge in [-0.05, 0) is 19.3 Å². The molecular formula is C17H28N4O9. The summed E-state index contributed by atoms with van der Waals surface area (Å²) in [6, 6.07) is -5.26. The topological polar surface area (TPSA) is 225 Å². The quantitative estimate of drug-likeness (QED) is 0.167. The van der Waals surface area contributed by atoms with Gasteiger partial charge in [-0.25, -0.2) is 4.79 Å². The first-order valence-electron chi connectivity index (χ1n) is 9.09. The average Bonchev–Trinajstić information content (AvgIpc) is 2.60. The van der Waals surface area contributed by atoms with Crippen molar-refractivity contribution in [2.45, 2.75) is 64.2 Å². The van der Waals surface area contributed by atoms with Crippen molar-refractivity contribution in [1.82, 2.24) is 16.0 Å². The van der Waals surface area contributed by atoms with Crippen LogP contribution in [0.15, 0.2) is 0 Å². The second kappa shape index (κ2) is 12.4. The molecule has 4 atom stereocenters. The normalized spacial score (nSPS) is 14.7. The van der Waals surface area contributed by atoms with E-state index in [0.717, 1.165) is 0 Å². The van der Waals surface area contributed by atoms with E-state index in [1.807, 2.05) is 5.32 Å². The molecule has 0 fully saturated rings. The summed E-state index contributed by atoms with van der Waals surface area (Å²) >= 11 is 0. The summed E-state index contributed by atoms with van der Waals surface area (Å²) in [5.74, 6) is -7.29. The molecule has 0 aromatic carbocycles. The molecule has 0 bridgehead atoms. The third-order valence-electron chi connectivity index (χ3n) is 3.93. The Morgan fingerprint density at radius 3 is 1.70 bits per heavy atom. The van der Waals surface area contributed by atoms with Gasteiger partial charge in [0.1, 0.15) is 18.1 Å². The van der Waals surface area contributed by atoms with E-state index >= 15 is 0 Å². The predicted molar refractivity (Wildman–Crippen MR) is 101 cm³/mol. The van der Waals surface area contributed by atoms with Crippen molar-refractivity contribution in [3.05, 3.63) is 0 Å². The SMILES string of the molecule is CC(C)[C@H](NC(=O)[C@H](CCC(=O)O)NC(=O)[C@H](C)N)C(=O)N[C@@H](CC(=O)O)C(=O)O. The zero-order valence-electron chi connectivity index (χ0n) is 16.9. The van der Waals surface area contributed by atoms with Crippen LogP contribution in [-0.2, 0) is 28.8 Å². The van der Waals surface area contributed by atoms with Crippen molar-refractivity contribution in [1.29, 1.82) is 0 Å². The lowest BCUT2D eigenvalue weighted by Crippen LogP contribution is -2.58. The number of nitrogens with one attached hydrogen (secondary N) is 3. The third kappa shape index (κ3) is 9.82. The Morgan fingerprint density at radius 1 is 0.767 bits per heavy atom. The second-order valence-corrected chi connectivity index (χ2v) is 7.01. The molecule has 0 saturated heterocycles. The fourth-order valence-corrected chi connectivity index (χ4v) is 2.26. The molecule has 170 valence electrons. The Bertz CT molecular complexity index is 678. The summed E-state index contributed by atoms with van der Waals surface area (Å²) in [4.78, 5) is 69.6. The Labute approximate surface area is 172 Å². The molecule has 0 spiro atoms. The standard InChI is InChI=1S/C17H28N4O9/c1-7(2)13(16(28)20-10(17(29)30)6-12(24)25)21-15(27)9(4-5-11(22)23)19-14(26)8(3)18/h7-10,13H,4-6,18H2,1-3H3,(H,19,26)(H,20,28)(H,21,27)(H,22,23)(H,24,25)(H,29,30)/t8-,9-,10-,13-/m0/s1. The molecule has 0 saturated carbocycles. The van der Waals surface area contributed by atoms with Crippen molar-refractivity contribution in [2.24, 2.45) is 11.7 Å². The highest BCUT2D eigenvalue weighted by molar-refractivity contribution is 5.94. The zero-order valence-corrected chi connectivity index (χ0v) is 16.9. The van der Waals surface area contributed by atoms with Crippen LogP contribution in [0, 0.1) is 5.92 Å². The fraction of sp³-hybridized carbons (Fsp3) is 0.647. The molecule has 8 N–H and O–H groups in total. The molecule has 0 aromatic rings. The summed E-state index contributed by atoms with van der Waals surface area (Å²) in [6.45, 7) is 4.45. The van der Waals surface area contributed by atoms with Crippen molar-refractivity contribution < 1.29 is 44.1 Å². The van der Waals surface area contributed by atoms with Gasteiger partial charge in [0.15, 0.2) is 0 Å². The molecule has 13 nitrogen and oxygen atoms in total. The Kier molecular flexibility index (Phi) is 11.0. The van der Waals surface area contributed by atoms with Gasteiger partial charge < -0.3 is 37.0 Å². The number of rotatable bonds is 13. The van der Waals surface area contributed by atoms with E-state index in [9.17, 15) is 28.8 Å². The van der Waals surface area contributed by atoms with Gasteiger partial charge in [-0.1, -0.05) is 13.8 Å². The Balaban J connectivity index is 5.40. The van der Waals surface area contributed by atoms with E-state index in [0.29, 0.717) is 0 Å². The van der Waals surface area contributed by atoms with Gasteiger partial charge in [0.25, 0.3) is 0 Å². The highest BCUT2D eigenvalue weighted by Crippen LogP contribution is 2.06. The van der Waals surface area contributed by atoms with Gasteiger partial charge in [0.05, 0.1) is 12.5 Å². The highest BCUT2D eigenvalue weighted by Gasteiger charge is 2.32. The van der Waals surface area contributed by atoms with Gasteiger partial charge in [-0.3, -0.25) is 24.0 Å². The van der Waals surface area contributed by atoms with E-state index in [-0.39, 0.29) is 6.42 Å². The molecule has 0 aromatic heterocycles. The number of amides is 3.